The zero-order valence-corrected chi connectivity index (χ0v) is 10.4. The number of aromatic nitrogens is 3. The number of hydrogen-bond donors (Lipinski definition) is 2. The van der Waals surface area contributed by atoms with E-state index in [-0.39, 0.29) is 23.1 Å². The minimum Gasteiger partial charge on any atom is -0.380 e. The maximum atomic E-state index is 11.8. The van der Waals surface area contributed by atoms with Crippen LogP contribution in [0.25, 0.3) is 0 Å². The predicted octanol–water partition coefficient (Wildman–Crippen LogP) is 0.694. The van der Waals surface area contributed by atoms with Crippen LogP contribution in [-0.2, 0) is 4.74 Å². The molecule has 94 valence electrons. The molecular formula is C11H18N4O2. The third-order valence-electron chi connectivity index (χ3n) is 2.83. The first-order valence-corrected chi connectivity index (χ1v) is 5.78. The molecule has 0 aromatic carbocycles. The van der Waals surface area contributed by atoms with Gasteiger partial charge in [0.15, 0.2) is 0 Å². The third-order valence-corrected chi connectivity index (χ3v) is 2.83. The molecule has 17 heavy (non-hydrogen) atoms. The summed E-state index contributed by atoms with van der Waals surface area (Å²) >= 11 is 0. The van der Waals surface area contributed by atoms with Crippen molar-refractivity contribution in [2.75, 3.05) is 19.8 Å². The van der Waals surface area contributed by atoms with Crippen molar-refractivity contribution >= 4 is 5.91 Å². The molecule has 1 fully saturated rings. The van der Waals surface area contributed by atoms with Crippen LogP contribution in [0.2, 0.25) is 0 Å². The highest BCUT2D eigenvalue weighted by molar-refractivity contribution is 5.90. The maximum Gasteiger partial charge on any atom is 0.290 e. The van der Waals surface area contributed by atoms with Crippen molar-refractivity contribution in [1.82, 2.24) is 20.5 Å². The van der Waals surface area contributed by atoms with Crippen molar-refractivity contribution in [3.05, 3.63) is 11.6 Å². The standard InChI is InChI=1S/C11H18N4O2/c1-7(2)8-13-9(15-14-8)10(16)12-4-11(3)5-17-6-11/h7H,4-6H2,1-3H3,(H,12,16)(H,13,14,15). The molecule has 1 amide bonds. The first kappa shape index (κ1) is 12.0. The number of amides is 1. The summed E-state index contributed by atoms with van der Waals surface area (Å²) in [5, 5.41) is 9.50. The molecular weight excluding hydrogens is 220 g/mol. The fourth-order valence-electron chi connectivity index (χ4n) is 1.56. The molecule has 1 aromatic heterocycles. The zero-order chi connectivity index (χ0) is 12.5. The van der Waals surface area contributed by atoms with Gasteiger partial charge in [-0.2, -0.15) is 0 Å². The Hall–Kier alpha value is -1.43. The molecule has 2 heterocycles. The molecule has 0 atom stereocenters. The van der Waals surface area contributed by atoms with E-state index in [1.165, 1.54) is 0 Å². The second kappa shape index (κ2) is 4.44. The van der Waals surface area contributed by atoms with Gasteiger partial charge in [0, 0.05) is 17.9 Å². The van der Waals surface area contributed by atoms with E-state index < -0.39 is 0 Å². The first-order valence-electron chi connectivity index (χ1n) is 5.78. The van der Waals surface area contributed by atoms with Gasteiger partial charge in [-0.3, -0.25) is 9.89 Å². The summed E-state index contributed by atoms with van der Waals surface area (Å²) in [6.45, 7) is 8.05. The van der Waals surface area contributed by atoms with Crippen LogP contribution < -0.4 is 5.32 Å². The molecule has 0 unspecified atom stereocenters. The van der Waals surface area contributed by atoms with E-state index in [0.29, 0.717) is 19.8 Å². The van der Waals surface area contributed by atoms with Crippen LogP contribution in [0.5, 0.6) is 0 Å². The lowest BCUT2D eigenvalue weighted by Crippen LogP contribution is -2.48. The monoisotopic (exact) mass is 238 g/mol. The number of rotatable bonds is 4. The highest BCUT2D eigenvalue weighted by Gasteiger charge is 2.33. The van der Waals surface area contributed by atoms with Crippen LogP contribution in [0.1, 0.15) is 43.1 Å². The molecule has 6 nitrogen and oxygen atoms in total. The van der Waals surface area contributed by atoms with Gasteiger partial charge in [-0.15, -0.1) is 5.10 Å². The summed E-state index contributed by atoms with van der Waals surface area (Å²) < 4.78 is 5.12. The van der Waals surface area contributed by atoms with Gasteiger partial charge in [-0.05, 0) is 0 Å². The number of nitrogens with zero attached hydrogens (tertiary/aromatic N) is 2. The van der Waals surface area contributed by atoms with Crippen LogP contribution >= 0.6 is 0 Å². The van der Waals surface area contributed by atoms with Gasteiger partial charge < -0.3 is 10.1 Å². The van der Waals surface area contributed by atoms with Crippen molar-refractivity contribution < 1.29 is 9.53 Å². The Bertz CT molecular complexity index is 409. The largest absolute Gasteiger partial charge is 0.380 e. The van der Waals surface area contributed by atoms with Gasteiger partial charge in [0.1, 0.15) is 5.82 Å². The zero-order valence-electron chi connectivity index (χ0n) is 10.4. The average molecular weight is 238 g/mol. The second-order valence-corrected chi connectivity index (χ2v) is 5.19. The van der Waals surface area contributed by atoms with Crippen molar-refractivity contribution in [1.29, 1.82) is 0 Å². The Balaban J connectivity index is 1.90. The number of ether oxygens (including phenoxy) is 1. The summed E-state index contributed by atoms with van der Waals surface area (Å²) in [5.74, 6) is 0.939. The molecule has 0 spiro atoms. The highest BCUT2D eigenvalue weighted by Crippen LogP contribution is 2.25. The number of nitrogens with one attached hydrogen (secondary N) is 2. The van der Waals surface area contributed by atoms with Crippen molar-refractivity contribution in [2.45, 2.75) is 26.7 Å². The fourth-order valence-corrected chi connectivity index (χ4v) is 1.56. The molecule has 1 aliphatic heterocycles. The number of carbonyl (C=O) groups excluding carboxylic acids is 1. The molecule has 0 aliphatic carbocycles. The first-order chi connectivity index (χ1) is 8.00. The maximum absolute atomic E-state index is 11.8. The molecule has 2 rings (SSSR count). The van der Waals surface area contributed by atoms with E-state index in [2.05, 4.69) is 27.4 Å². The van der Waals surface area contributed by atoms with E-state index in [1.54, 1.807) is 0 Å². The normalized spacial score (nSPS) is 17.9. The van der Waals surface area contributed by atoms with Gasteiger partial charge in [0.25, 0.3) is 5.91 Å². The van der Waals surface area contributed by atoms with Crippen LogP contribution in [0.15, 0.2) is 0 Å². The summed E-state index contributed by atoms with van der Waals surface area (Å²) in [6, 6.07) is 0. The SMILES string of the molecule is CC(C)c1nc(C(=O)NCC2(C)COC2)n[nH]1. The van der Waals surface area contributed by atoms with Gasteiger partial charge >= 0.3 is 0 Å². The lowest BCUT2D eigenvalue weighted by atomic mass is 9.89. The number of hydrogen-bond acceptors (Lipinski definition) is 4. The van der Waals surface area contributed by atoms with Crippen LogP contribution in [0.3, 0.4) is 0 Å². The van der Waals surface area contributed by atoms with Gasteiger partial charge in [-0.1, -0.05) is 20.8 Å². The fraction of sp³-hybridized carbons (Fsp3) is 0.727. The number of carbonyl (C=O) groups is 1. The Kier molecular flexibility index (Phi) is 3.15. The molecule has 0 radical (unpaired) electrons. The molecule has 0 bridgehead atoms. The quantitative estimate of drug-likeness (QED) is 0.809. The molecule has 1 aliphatic rings. The lowest BCUT2D eigenvalue weighted by molar-refractivity contribution is -0.0978. The van der Waals surface area contributed by atoms with E-state index in [4.69, 9.17) is 4.74 Å². The van der Waals surface area contributed by atoms with Crippen LogP contribution in [0.4, 0.5) is 0 Å². The third kappa shape index (κ3) is 2.63. The minimum atomic E-state index is -0.235. The second-order valence-electron chi connectivity index (χ2n) is 5.19. The highest BCUT2D eigenvalue weighted by atomic mass is 16.5. The number of aromatic amines is 1. The Morgan fingerprint density at radius 1 is 1.59 bits per heavy atom. The Morgan fingerprint density at radius 2 is 2.29 bits per heavy atom. The topological polar surface area (TPSA) is 79.9 Å². The van der Waals surface area contributed by atoms with Gasteiger partial charge in [0.05, 0.1) is 13.2 Å². The molecule has 6 heteroatoms. The molecule has 1 aromatic rings. The van der Waals surface area contributed by atoms with E-state index in [0.717, 1.165) is 5.82 Å². The van der Waals surface area contributed by atoms with Crippen molar-refractivity contribution in [3.8, 4) is 0 Å². The van der Waals surface area contributed by atoms with Crippen molar-refractivity contribution in [2.24, 2.45) is 5.41 Å². The van der Waals surface area contributed by atoms with E-state index in [1.807, 2.05) is 13.8 Å². The van der Waals surface area contributed by atoms with E-state index in [9.17, 15) is 4.79 Å². The molecule has 1 saturated heterocycles. The van der Waals surface area contributed by atoms with Crippen LogP contribution in [-0.4, -0.2) is 40.8 Å². The molecule has 0 saturated carbocycles. The van der Waals surface area contributed by atoms with E-state index >= 15 is 0 Å². The summed E-state index contributed by atoms with van der Waals surface area (Å²) in [7, 11) is 0. The molecule has 2 N–H and O–H groups in total. The van der Waals surface area contributed by atoms with Gasteiger partial charge in [-0.25, -0.2) is 4.98 Å². The summed E-state index contributed by atoms with van der Waals surface area (Å²) in [6.07, 6.45) is 0. The lowest BCUT2D eigenvalue weighted by Gasteiger charge is -2.37. The predicted molar refractivity (Wildman–Crippen MR) is 61.7 cm³/mol. The number of H-pyrrole nitrogens is 1. The van der Waals surface area contributed by atoms with Gasteiger partial charge in [0.2, 0.25) is 5.82 Å². The minimum absolute atomic E-state index is 0.0623. The Labute approximate surface area is 100 Å². The Morgan fingerprint density at radius 3 is 2.76 bits per heavy atom. The van der Waals surface area contributed by atoms with Crippen molar-refractivity contribution in [3.63, 3.8) is 0 Å². The average Bonchev–Trinajstić information content (AvgIpc) is 2.72. The smallest absolute Gasteiger partial charge is 0.290 e. The summed E-state index contributed by atoms with van der Waals surface area (Å²) in [4.78, 5) is 15.9. The summed E-state index contributed by atoms with van der Waals surface area (Å²) in [5.41, 5.74) is 0.0623. The van der Waals surface area contributed by atoms with Crippen LogP contribution in [0, 0.1) is 5.41 Å².